The van der Waals surface area contributed by atoms with Crippen LogP contribution < -0.4 is 5.32 Å². The number of hydrogen-bond acceptors (Lipinski definition) is 5. The molecule has 0 aromatic carbocycles. The van der Waals surface area contributed by atoms with Crippen molar-refractivity contribution in [3.63, 3.8) is 0 Å². The first-order valence-electron chi connectivity index (χ1n) is 7.48. The van der Waals surface area contributed by atoms with Crippen LogP contribution in [-0.2, 0) is 16.6 Å². The van der Waals surface area contributed by atoms with E-state index in [2.05, 4.69) is 10.4 Å². The first-order chi connectivity index (χ1) is 11.0. The highest BCUT2D eigenvalue weighted by molar-refractivity contribution is 5.95. The summed E-state index contributed by atoms with van der Waals surface area (Å²) in [6.45, 7) is 3.73. The van der Waals surface area contributed by atoms with Gasteiger partial charge in [0.2, 0.25) is 5.91 Å². The van der Waals surface area contributed by atoms with Crippen LogP contribution in [0.25, 0.3) is 0 Å². The van der Waals surface area contributed by atoms with Crippen molar-refractivity contribution in [3.8, 4) is 0 Å². The standard InChI is InChI=1S/C14H21N5O4/c1-3-23-14(22)19-8-6-18(7-9-19)12(20)10-15-13(21)11-4-5-16-17(11)2/h4-5H,3,6-10H2,1-2H3,(H,15,21). The van der Waals surface area contributed by atoms with Gasteiger partial charge in [0.15, 0.2) is 0 Å². The molecule has 1 N–H and O–H groups in total. The number of carbonyl (C=O) groups excluding carboxylic acids is 3. The maximum absolute atomic E-state index is 12.1. The summed E-state index contributed by atoms with van der Waals surface area (Å²) in [7, 11) is 1.66. The average Bonchev–Trinajstić information content (AvgIpc) is 2.99. The van der Waals surface area contributed by atoms with Crippen molar-refractivity contribution in [1.82, 2.24) is 24.9 Å². The van der Waals surface area contributed by atoms with E-state index in [0.717, 1.165) is 0 Å². The van der Waals surface area contributed by atoms with Gasteiger partial charge in [-0.1, -0.05) is 0 Å². The van der Waals surface area contributed by atoms with E-state index in [-0.39, 0.29) is 24.5 Å². The third-order valence-electron chi connectivity index (χ3n) is 3.61. The molecule has 1 aromatic rings. The Morgan fingerprint density at radius 3 is 2.43 bits per heavy atom. The van der Waals surface area contributed by atoms with Gasteiger partial charge in [0.05, 0.1) is 13.2 Å². The first-order valence-corrected chi connectivity index (χ1v) is 7.48. The van der Waals surface area contributed by atoms with Crippen LogP contribution >= 0.6 is 0 Å². The van der Waals surface area contributed by atoms with E-state index >= 15 is 0 Å². The number of rotatable bonds is 4. The Morgan fingerprint density at radius 1 is 1.22 bits per heavy atom. The molecule has 0 radical (unpaired) electrons. The number of nitrogens with zero attached hydrogens (tertiary/aromatic N) is 4. The maximum Gasteiger partial charge on any atom is 0.409 e. The summed E-state index contributed by atoms with van der Waals surface area (Å²) in [5.74, 6) is -0.521. The molecule has 0 aliphatic carbocycles. The fourth-order valence-electron chi connectivity index (χ4n) is 2.31. The van der Waals surface area contributed by atoms with Gasteiger partial charge < -0.3 is 19.9 Å². The highest BCUT2D eigenvalue weighted by Crippen LogP contribution is 2.04. The average molecular weight is 323 g/mol. The minimum atomic E-state index is -0.357. The van der Waals surface area contributed by atoms with Crippen molar-refractivity contribution < 1.29 is 19.1 Å². The summed E-state index contributed by atoms with van der Waals surface area (Å²) in [6, 6.07) is 1.58. The Hall–Kier alpha value is -2.58. The summed E-state index contributed by atoms with van der Waals surface area (Å²) < 4.78 is 6.37. The van der Waals surface area contributed by atoms with Crippen LogP contribution in [0.3, 0.4) is 0 Å². The number of ether oxygens (including phenoxy) is 1. The van der Waals surface area contributed by atoms with E-state index in [1.54, 1.807) is 29.8 Å². The normalized spacial score (nSPS) is 14.5. The Balaban J connectivity index is 1.76. The summed E-state index contributed by atoms with van der Waals surface area (Å²) in [6.07, 6.45) is 1.16. The molecule has 0 saturated carbocycles. The minimum absolute atomic E-state index is 0.0799. The Bertz CT molecular complexity index is 577. The fourth-order valence-corrected chi connectivity index (χ4v) is 2.31. The third-order valence-corrected chi connectivity index (χ3v) is 3.61. The van der Waals surface area contributed by atoms with Crippen LogP contribution in [0.15, 0.2) is 12.3 Å². The van der Waals surface area contributed by atoms with Gasteiger partial charge in [-0.05, 0) is 13.0 Å². The van der Waals surface area contributed by atoms with Crippen molar-refractivity contribution >= 4 is 17.9 Å². The van der Waals surface area contributed by atoms with E-state index in [4.69, 9.17) is 4.74 Å². The van der Waals surface area contributed by atoms with Gasteiger partial charge in [0, 0.05) is 39.4 Å². The Kier molecular flexibility index (Phi) is 5.56. The summed E-state index contributed by atoms with van der Waals surface area (Å²) in [5.41, 5.74) is 0.393. The largest absolute Gasteiger partial charge is 0.450 e. The topological polar surface area (TPSA) is 96.8 Å². The highest BCUT2D eigenvalue weighted by atomic mass is 16.6. The van der Waals surface area contributed by atoms with Crippen LogP contribution in [0.2, 0.25) is 0 Å². The van der Waals surface area contributed by atoms with Gasteiger partial charge in [-0.15, -0.1) is 0 Å². The van der Waals surface area contributed by atoms with E-state index in [0.29, 0.717) is 38.5 Å². The fraction of sp³-hybridized carbons (Fsp3) is 0.571. The number of carbonyl (C=O) groups is 3. The van der Waals surface area contributed by atoms with Gasteiger partial charge >= 0.3 is 6.09 Å². The molecule has 9 heteroatoms. The first kappa shape index (κ1) is 16.8. The lowest BCUT2D eigenvalue weighted by Crippen LogP contribution is -2.52. The molecule has 0 spiro atoms. The SMILES string of the molecule is CCOC(=O)N1CCN(C(=O)CNC(=O)c2ccnn2C)CC1. The van der Waals surface area contributed by atoms with Crippen molar-refractivity contribution in [2.24, 2.45) is 7.05 Å². The molecule has 1 fully saturated rings. The molecular weight excluding hydrogens is 302 g/mol. The van der Waals surface area contributed by atoms with Gasteiger partial charge in [-0.3, -0.25) is 14.3 Å². The number of nitrogens with one attached hydrogen (secondary N) is 1. The lowest BCUT2D eigenvalue weighted by Gasteiger charge is -2.34. The number of aromatic nitrogens is 2. The van der Waals surface area contributed by atoms with Crippen LogP contribution in [0.4, 0.5) is 4.79 Å². The number of hydrogen-bond donors (Lipinski definition) is 1. The van der Waals surface area contributed by atoms with Crippen LogP contribution in [0.1, 0.15) is 17.4 Å². The maximum atomic E-state index is 12.1. The lowest BCUT2D eigenvalue weighted by atomic mass is 10.3. The molecule has 9 nitrogen and oxygen atoms in total. The quantitative estimate of drug-likeness (QED) is 0.802. The molecule has 126 valence electrons. The molecule has 23 heavy (non-hydrogen) atoms. The number of amides is 3. The monoisotopic (exact) mass is 323 g/mol. The van der Waals surface area contributed by atoms with E-state index in [1.807, 2.05) is 0 Å². The van der Waals surface area contributed by atoms with Crippen molar-refractivity contribution in [1.29, 1.82) is 0 Å². The third kappa shape index (κ3) is 4.21. The predicted octanol–water partition coefficient (Wildman–Crippen LogP) is -0.549. The number of piperazine rings is 1. The van der Waals surface area contributed by atoms with Gasteiger partial charge in [-0.25, -0.2) is 4.79 Å². The molecule has 1 aromatic heterocycles. The Labute approximate surface area is 134 Å². The second kappa shape index (κ2) is 7.61. The zero-order chi connectivity index (χ0) is 16.8. The Morgan fingerprint density at radius 2 is 1.87 bits per heavy atom. The summed E-state index contributed by atoms with van der Waals surface area (Å²) in [5, 5.41) is 6.49. The van der Waals surface area contributed by atoms with Gasteiger partial charge in [0.25, 0.3) is 5.91 Å². The smallest absolute Gasteiger partial charge is 0.409 e. The number of aryl methyl sites for hydroxylation is 1. The molecule has 0 atom stereocenters. The van der Waals surface area contributed by atoms with E-state index in [9.17, 15) is 14.4 Å². The zero-order valence-electron chi connectivity index (χ0n) is 13.3. The summed E-state index contributed by atoms with van der Waals surface area (Å²) in [4.78, 5) is 38.8. The molecule has 2 heterocycles. The van der Waals surface area contributed by atoms with Gasteiger partial charge in [0.1, 0.15) is 5.69 Å². The molecular formula is C14H21N5O4. The minimum Gasteiger partial charge on any atom is -0.450 e. The molecule has 0 bridgehead atoms. The predicted molar refractivity (Wildman–Crippen MR) is 80.7 cm³/mol. The van der Waals surface area contributed by atoms with Crippen LogP contribution in [-0.4, -0.2) is 76.8 Å². The molecule has 0 unspecified atom stereocenters. The molecule has 2 rings (SSSR count). The van der Waals surface area contributed by atoms with E-state index in [1.165, 1.54) is 10.9 Å². The highest BCUT2D eigenvalue weighted by Gasteiger charge is 2.25. The molecule has 1 aliphatic heterocycles. The van der Waals surface area contributed by atoms with Gasteiger partial charge in [-0.2, -0.15) is 5.10 Å². The zero-order valence-corrected chi connectivity index (χ0v) is 13.3. The second-order valence-corrected chi connectivity index (χ2v) is 5.09. The lowest BCUT2D eigenvalue weighted by molar-refractivity contribution is -0.131. The van der Waals surface area contributed by atoms with Crippen molar-refractivity contribution in [3.05, 3.63) is 18.0 Å². The molecule has 1 aliphatic rings. The van der Waals surface area contributed by atoms with E-state index < -0.39 is 0 Å². The van der Waals surface area contributed by atoms with Crippen LogP contribution in [0.5, 0.6) is 0 Å². The van der Waals surface area contributed by atoms with Crippen molar-refractivity contribution in [2.75, 3.05) is 39.3 Å². The van der Waals surface area contributed by atoms with Crippen LogP contribution in [0, 0.1) is 0 Å². The second-order valence-electron chi connectivity index (χ2n) is 5.09. The molecule has 3 amide bonds. The van der Waals surface area contributed by atoms with Crippen molar-refractivity contribution in [2.45, 2.75) is 6.92 Å². The summed E-state index contributed by atoms with van der Waals surface area (Å²) >= 11 is 0. The molecule has 1 saturated heterocycles.